The summed E-state index contributed by atoms with van der Waals surface area (Å²) in [5.41, 5.74) is 1.88. The van der Waals surface area contributed by atoms with Crippen molar-refractivity contribution in [2.45, 2.75) is 84.4 Å². The molecular formula is C31H38N2O6S. The Morgan fingerprint density at radius 3 is 2.52 bits per heavy atom. The summed E-state index contributed by atoms with van der Waals surface area (Å²) in [5, 5.41) is 0.444. The Kier molecular flexibility index (Phi) is 7.70. The minimum absolute atomic E-state index is 0.0484. The summed E-state index contributed by atoms with van der Waals surface area (Å²) >= 11 is 1.71. The van der Waals surface area contributed by atoms with Crippen LogP contribution < -0.4 is 10.2 Å². The molecule has 3 aromatic rings. The van der Waals surface area contributed by atoms with Gasteiger partial charge in [0, 0.05) is 34.1 Å². The molecule has 0 saturated heterocycles. The molecule has 1 atom stereocenters. The first-order chi connectivity index (χ1) is 19.1. The summed E-state index contributed by atoms with van der Waals surface area (Å²) in [6.45, 7) is 10.1. The summed E-state index contributed by atoms with van der Waals surface area (Å²) < 4.78 is 18.9. The van der Waals surface area contributed by atoms with Crippen molar-refractivity contribution in [3.8, 4) is 16.2 Å². The number of thiophene rings is 1. The Hall–Kier alpha value is -3.33. The Bertz CT molecular complexity index is 1510. The van der Waals surface area contributed by atoms with E-state index in [-0.39, 0.29) is 35.8 Å². The van der Waals surface area contributed by atoms with Gasteiger partial charge in [0.15, 0.2) is 5.75 Å². The molecule has 1 amide bonds. The Morgan fingerprint density at radius 2 is 1.90 bits per heavy atom. The molecule has 2 aliphatic rings. The fraction of sp³-hybridized carbons (Fsp3) is 0.516. The molecule has 1 saturated carbocycles. The van der Waals surface area contributed by atoms with E-state index in [2.05, 4.69) is 6.07 Å². The molecule has 1 aromatic carbocycles. The van der Waals surface area contributed by atoms with Crippen molar-refractivity contribution in [1.82, 2.24) is 9.47 Å². The first-order valence-electron chi connectivity index (χ1n) is 14.1. The SMILES string of the molecule is CCOC(=O)c1cn(C2CC2)c2c(OC)c(-c3cc4c(s3)CCCC4N(CC)C(=O)OC(C)(C)C)ccc2c1=O. The van der Waals surface area contributed by atoms with Gasteiger partial charge < -0.3 is 23.7 Å². The smallest absolute Gasteiger partial charge is 0.410 e. The quantitative estimate of drug-likeness (QED) is 0.290. The van der Waals surface area contributed by atoms with Gasteiger partial charge in [-0.2, -0.15) is 0 Å². The lowest BCUT2D eigenvalue weighted by atomic mass is 9.92. The third-order valence-corrected chi connectivity index (χ3v) is 8.72. The highest BCUT2D eigenvalue weighted by atomic mass is 32.1. The Balaban J connectivity index is 1.61. The number of rotatable bonds is 7. The maximum absolute atomic E-state index is 13.4. The maximum Gasteiger partial charge on any atom is 0.410 e. The van der Waals surface area contributed by atoms with Crippen molar-refractivity contribution in [2.75, 3.05) is 20.3 Å². The number of carbonyl (C=O) groups is 2. The zero-order valence-corrected chi connectivity index (χ0v) is 25.0. The highest BCUT2D eigenvalue weighted by Gasteiger charge is 2.34. The zero-order chi connectivity index (χ0) is 28.8. The number of hydrogen-bond donors (Lipinski definition) is 0. The van der Waals surface area contributed by atoms with E-state index in [9.17, 15) is 14.4 Å². The van der Waals surface area contributed by atoms with E-state index in [1.807, 2.05) is 43.2 Å². The first-order valence-corrected chi connectivity index (χ1v) is 14.9. The van der Waals surface area contributed by atoms with Crippen LogP contribution in [0.3, 0.4) is 0 Å². The average Bonchev–Trinajstić information content (AvgIpc) is 3.65. The molecule has 1 unspecified atom stereocenters. The van der Waals surface area contributed by atoms with Gasteiger partial charge in [-0.25, -0.2) is 9.59 Å². The standard InChI is InChI=1S/C31H38N2O6S/c1-7-32(30(36)39-31(3,4)5)23-10-9-11-24-21(23)16-25(40-24)19-14-15-20-26(28(19)37-6)33(18-12-13-18)17-22(27(20)34)29(35)38-8-2/h14-18,23H,7-13H2,1-6H3. The molecule has 1 fully saturated rings. The normalized spacial score (nSPS) is 16.9. The number of pyridine rings is 1. The lowest BCUT2D eigenvalue weighted by Crippen LogP contribution is -2.40. The summed E-state index contributed by atoms with van der Waals surface area (Å²) in [5.74, 6) is 0.0147. The number of carbonyl (C=O) groups excluding carboxylic acids is 2. The van der Waals surface area contributed by atoms with Gasteiger partial charge in [-0.15, -0.1) is 11.3 Å². The van der Waals surface area contributed by atoms with Crippen molar-refractivity contribution >= 4 is 34.3 Å². The number of fused-ring (bicyclic) bond motifs is 2. The fourth-order valence-electron chi connectivity index (χ4n) is 5.60. The number of hydrogen-bond acceptors (Lipinski definition) is 7. The van der Waals surface area contributed by atoms with Gasteiger partial charge >= 0.3 is 12.1 Å². The monoisotopic (exact) mass is 566 g/mol. The van der Waals surface area contributed by atoms with E-state index in [4.69, 9.17) is 14.2 Å². The Labute approximate surface area is 238 Å². The van der Waals surface area contributed by atoms with E-state index < -0.39 is 11.6 Å². The lowest BCUT2D eigenvalue weighted by molar-refractivity contribution is 0.0153. The zero-order valence-electron chi connectivity index (χ0n) is 24.2. The van der Waals surface area contributed by atoms with Gasteiger partial charge in [0.25, 0.3) is 0 Å². The third kappa shape index (κ3) is 5.23. The lowest BCUT2D eigenvalue weighted by Gasteiger charge is -2.35. The number of aromatic nitrogens is 1. The van der Waals surface area contributed by atoms with Crippen LogP contribution in [-0.4, -0.2) is 47.4 Å². The molecular weight excluding hydrogens is 528 g/mol. The molecule has 2 heterocycles. The van der Waals surface area contributed by atoms with Gasteiger partial charge in [-0.3, -0.25) is 4.79 Å². The number of esters is 1. The predicted octanol–water partition coefficient (Wildman–Crippen LogP) is 6.88. The van der Waals surface area contributed by atoms with E-state index in [1.54, 1.807) is 37.6 Å². The molecule has 8 nitrogen and oxygen atoms in total. The van der Waals surface area contributed by atoms with Gasteiger partial charge in [0.05, 0.1) is 30.7 Å². The van der Waals surface area contributed by atoms with Crippen LogP contribution in [0, 0.1) is 0 Å². The van der Waals surface area contributed by atoms with Crippen LogP contribution in [0.15, 0.2) is 29.2 Å². The molecule has 0 spiro atoms. The second kappa shape index (κ2) is 10.9. The van der Waals surface area contributed by atoms with Crippen LogP contribution in [0.4, 0.5) is 4.79 Å². The molecule has 0 aliphatic heterocycles. The van der Waals surface area contributed by atoms with E-state index >= 15 is 0 Å². The molecule has 214 valence electrons. The molecule has 0 N–H and O–H groups in total. The van der Waals surface area contributed by atoms with Crippen LogP contribution in [0.2, 0.25) is 0 Å². The van der Waals surface area contributed by atoms with Crippen molar-refractivity contribution in [3.63, 3.8) is 0 Å². The minimum atomic E-state index is -0.603. The summed E-state index contributed by atoms with van der Waals surface area (Å²) in [4.78, 5) is 43.2. The molecule has 2 aliphatic carbocycles. The van der Waals surface area contributed by atoms with Crippen LogP contribution in [0.5, 0.6) is 5.75 Å². The molecule has 0 bridgehead atoms. The minimum Gasteiger partial charge on any atom is -0.494 e. The van der Waals surface area contributed by atoms with Crippen molar-refractivity contribution in [3.05, 3.63) is 50.6 Å². The molecule has 40 heavy (non-hydrogen) atoms. The van der Waals surface area contributed by atoms with Crippen molar-refractivity contribution in [2.24, 2.45) is 0 Å². The third-order valence-electron chi connectivity index (χ3n) is 7.48. The van der Waals surface area contributed by atoms with E-state index in [1.165, 1.54) is 4.88 Å². The molecule has 9 heteroatoms. The van der Waals surface area contributed by atoms with Crippen LogP contribution in [-0.2, 0) is 15.9 Å². The van der Waals surface area contributed by atoms with Crippen molar-refractivity contribution in [1.29, 1.82) is 0 Å². The average molecular weight is 567 g/mol. The molecule has 5 rings (SSSR count). The second-order valence-corrected chi connectivity index (χ2v) is 12.6. The summed E-state index contributed by atoms with van der Waals surface area (Å²) in [6.07, 6.45) is 6.11. The summed E-state index contributed by atoms with van der Waals surface area (Å²) in [7, 11) is 1.62. The summed E-state index contributed by atoms with van der Waals surface area (Å²) in [6, 6.07) is 6.02. The number of amides is 1. The number of ether oxygens (including phenoxy) is 3. The van der Waals surface area contributed by atoms with E-state index in [0.29, 0.717) is 23.2 Å². The van der Waals surface area contributed by atoms with Crippen LogP contribution >= 0.6 is 11.3 Å². The Morgan fingerprint density at radius 1 is 1.15 bits per heavy atom. The van der Waals surface area contributed by atoms with Crippen LogP contribution in [0.25, 0.3) is 21.3 Å². The molecule has 2 aromatic heterocycles. The van der Waals surface area contributed by atoms with Crippen molar-refractivity contribution < 1.29 is 23.8 Å². The van der Waals surface area contributed by atoms with Gasteiger partial charge in [-0.05, 0) is 90.5 Å². The van der Waals surface area contributed by atoms with Gasteiger partial charge in [0.1, 0.15) is 11.2 Å². The number of methoxy groups -OCH3 is 1. The number of nitrogens with zero attached hydrogens (tertiary/aromatic N) is 2. The van der Waals surface area contributed by atoms with E-state index in [0.717, 1.165) is 48.1 Å². The van der Waals surface area contributed by atoms with Gasteiger partial charge in [0.2, 0.25) is 5.43 Å². The van der Waals surface area contributed by atoms with Crippen LogP contribution in [0.1, 0.15) is 93.2 Å². The fourth-order valence-corrected chi connectivity index (χ4v) is 6.88. The topological polar surface area (TPSA) is 87.1 Å². The van der Waals surface area contributed by atoms with Gasteiger partial charge in [-0.1, -0.05) is 0 Å². The highest BCUT2D eigenvalue weighted by Crippen LogP contribution is 2.47. The first kappa shape index (κ1) is 28.2. The predicted molar refractivity (Wildman–Crippen MR) is 157 cm³/mol. The highest BCUT2D eigenvalue weighted by molar-refractivity contribution is 7.15. The maximum atomic E-state index is 13.4. The number of benzene rings is 1. The second-order valence-electron chi connectivity index (χ2n) is 11.4. The molecule has 0 radical (unpaired) electrons. The number of aryl methyl sites for hydroxylation is 1. The largest absolute Gasteiger partial charge is 0.494 e.